The third kappa shape index (κ3) is 3.56. The molecule has 0 unspecified atom stereocenters. The van der Waals surface area contributed by atoms with Crippen LogP contribution in [-0.4, -0.2) is 18.1 Å². The molecule has 0 atom stereocenters. The normalized spacial score (nSPS) is 15.8. The molecule has 0 saturated carbocycles. The van der Waals surface area contributed by atoms with Gasteiger partial charge in [-0.3, -0.25) is 0 Å². The molecule has 2 heterocycles. The number of hydrogen-bond donors (Lipinski definition) is 0. The van der Waals surface area contributed by atoms with Gasteiger partial charge in [-0.05, 0) is 30.7 Å². The van der Waals surface area contributed by atoms with E-state index >= 15 is 0 Å². The highest BCUT2D eigenvalue weighted by atomic mass is 16.4. The van der Waals surface area contributed by atoms with Crippen LogP contribution in [0.2, 0.25) is 0 Å². The van der Waals surface area contributed by atoms with E-state index in [1.54, 1.807) is 0 Å². The summed E-state index contributed by atoms with van der Waals surface area (Å²) in [7, 11) is 0. The molecule has 23 heavy (non-hydrogen) atoms. The van der Waals surface area contributed by atoms with E-state index in [-0.39, 0.29) is 5.92 Å². The number of piperidine rings is 1. The van der Waals surface area contributed by atoms with Crippen LogP contribution in [0.25, 0.3) is 0 Å². The van der Waals surface area contributed by atoms with Crippen molar-refractivity contribution in [3.63, 3.8) is 0 Å². The second kappa shape index (κ2) is 6.87. The minimum atomic E-state index is 0.200. The highest BCUT2D eigenvalue weighted by Gasteiger charge is 2.25. The van der Waals surface area contributed by atoms with Gasteiger partial charge in [0.25, 0.3) is 0 Å². The molecule has 3 rings (SSSR count). The van der Waals surface area contributed by atoms with Crippen molar-refractivity contribution >= 4 is 5.88 Å². The maximum Gasteiger partial charge on any atom is 0.234 e. The van der Waals surface area contributed by atoms with Gasteiger partial charge in [0.15, 0.2) is 0 Å². The Morgan fingerprint density at radius 2 is 1.96 bits per heavy atom. The summed E-state index contributed by atoms with van der Waals surface area (Å²) in [6.45, 7) is 5.92. The Hall–Kier alpha value is -2.28. The summed E-state index contributed by atoms with van der Waals surface area (Å²) in [5.74, 6) is 2.22. The fourth-order valence-corrected chi connectivity index (χ4v) is 3.15. The zero-order chi connectivity index (χ0) is 16.2. The number of benzene rings is 1. The molecule has 1 aromatic carbocycles. The average molecular weight is 309 g/mol. The Balaban J connectivity index is 1.64. The molecular weight excluding hydrogens is 286 g/mol. The van der Waals surface area contributed by atoms with Gasteiger partial charge in [-0.15, -0.1) is 0 Å². The van der Waals surface area contributed by atoms with Crippen LogP contribution in [0.4, 0.5) is 5.88 Å². The Morgan fingerprint density at radius 1 is 1.26 bits per heavy atom. The zero-order valence-electron chi connectivity index (χ0n) is 13.8. The van der Waals surface area contributed by atoms with Crippen LogP contribution in [0.5, 0.6) is 0 Å². The second-order valence-electron chi connectivity index (χ2n) is 6.59. The molecule has 1 fully saturated rings. The molecule has 0 spiro atoms. The molecule has 0 radical (unpaired) electrons. The third-order valence-electron chi connectivity index (χ3n) is 4.49. The first-order chi connectivity index (χ1) is 11.2. The van der Waals surface area contributed by atoms with E-state index in [1.807, 2.05) is 13.8 Å². The first kappa shape index (κ1) is 15.6. The van der Waals surface area contributed by atoms with Crippen molar-refractivity contribution in [3.8, 4) is 6.07 Å². The van der Waals surface area contributed by atoms with Crippen molar-refractivity contribution in [1.29, 1.82) is 5.26 Å². The van der Waals surface area contributed by atoms with Crippen molar-refractivity contribution in [2.75, 3.05) is 18.0 Å². The van der Waals surface area contributed by atoms with E-state index < -0.39 is 0 Å². The smallest absolute Gasteiger partial charge is 0.234 e. The number of anilines is 1. The number of rotatable bonds is 4. The van der Waals surface area contributed by atoms with Gasteiger partial charge in [0.05, 0.1) is 0 Å². The van der Waals surface area contributed by atoms with Gasteiger partial charge in [0.1, 0.15) is 6.07 Å². The third-order valence-corrected chi connectivity index (χ3v) is 4.49. The van der Waals surface area contributed by atoms with Gasteiger partial charge in [-0.1, -0.05) is 44.2 Å². The molecule has 4 nitrogen and oxygen atoms in total. The van der Waals surface area contributed by atoms with Crippen molar-refractivity contribution in [3.05, 3.63) is 47.5 Å². The molecule has 2 aromatic rings. The van der Waals surface area contributed by atoms with Crippen molar-refractivity contribution in [2.45, 2.75) is 39.0 Å². The minimum Gasteiger partial charge on any atom is -0.423 e. The Labute approximate surface area is 137 Å². The molecule has 120 valence electrons. The van der Waals surface area contributed by atoms with Crippen LogP contribution in [0.1, 0.15) is 49.8 Å². The Kier molecular flexibility index (Phi) is 4.66. The number of oxazole rings is 1. The molecule has 1 aliphatic rings. The molecule has 0 N–H and O–H groups in total. The number of aromatic nitrogens is 1. The maximum atomic E-state index is 9.29. The summed E-state index contributed by atoms with van der Waals surface area (Å²) < 4.78 is 5.85. The number of nitrogens with zero attached hydrogens (tertiary/aromatic N) is 3. The lowest BCUT2D eigenvalue weighted by Gasteiger charge is -2.31. The molecule has 1 aromatic heterocycles. The van der Waals surface area contributed by atoms with E-state index in [1.165, 1.54) is 5.56 Å². The summed E-state index contributed by atoms with van der Waals surface area (Å²) in [4.78, 5) is 6.50. The molecule has 1 aliphatic heterocycles. The number of hydrogen-bond acceptors (Lipinski definition) is 4. The van der Waals surface area contributed by atoms with Crippen LogP contribution in [0.3, 0.4) is 0 Å². The Bertz CT molecular complexity index is 676. The lowest BCUT2D eigenvalue weighted by Crippen LogP contribution is -2.34. The average Bonchev–Trinajstić information content (AvgIpc) is 3.01. The monoisotopic (exact) mass is 309 g/mol. The van der Waals surface area contributed by atoms with Crippen LogP contribution in [-0.2, 0) is 6.42 Å². The van der Waals surface area contributed by atoms with E-state index in [4.69, 9.17) is 4.42 Å². The van der Waals surface area contributed by atoms with E-state index in [2.05, 4.69) is 46.3 Å². The largest absolute Gasteiger partial charge is 0.423 e. The Morgan fingerprint density at radius 3 is 2.57 bits per heavy atom. The van der Waals surface area contributed by atoms with Crippen molar-refractivity contribution in [2.24, 2.45) is 5.92 Å². The van der Waals surface area contributed by atoms with Gasteiger partial charge < -0.3 is 9.32 Å². The predicted molar refractivity (Wildman–Crippen MR) is 90.4 cm³/mol. The molecular formula is C19H23N3O. The summed E-state index contributed by atoms with van der Waals surface area (Å²) in [5.41, 5.74) is 1.83. The van der Waals surface area contributed by atoms with E-state index in [0.29, 0.717) is 23.4 Å². The molecule has 1 saturated heterocycles. The summed E-state index contributed by atoms with van der Waals surface area (Å²) in [5, 5.41) is 9.29. The van der Waals surface area contributed by atoms with Gasteiger partial charge in [0.2, 0.25) is 17.5 Å². The molecule has 0 bridgehead atoms. The van der Waals surface area contributed by atoms with E-state index in [0.717, 1.165) is 32.4 Å². The van der Waals surface area contributed by atoms with Gasteiger partial charge in [-0.2, -0.15) is 5.26 Å². The lowest BCUT2D eigenvalue weighted by atomic mass is 9.90. The van der Waals surface area contributed by atoms with Gasteiger partial charge in [-0.25, -0.2) is 4.98 Å². The van der Waals surface area contributed by atoms with Crippen LogP contribution < -0.4 is 4.90 Å². The van der Waals surface area contributed by atoms with Gasteiger partial charge in [0, 0.05) is 19.0 Å². The van der Waals surface area contributed by atoms with Crippen LogP contribution in [0, 0.1) is 17.2 Å². The SMILES string of the molecule is CC(C)c1nc(C#N)c(N2CCC(Cc3ccccc3)CC2)o1. The van der Waals surface area contributed by atoms with Crippen LogP contribution >= 0.6 is 0 Å². The topological polar surface area (TPSA) is 53.1 Å². The fraction of sp³-hybridized carbons (Fsp3) is 0.474. The van der Waals surface area contributed by atoms with Crippen LogP contribution in [0.15, 0.2) is 34.7 Å². The molecule has 0 aliphatic carbocycles. The maximum absolute atomic E-state index is 9.29. The first-order valence-corrected chi connectivity index (χ1v) is 8.37. The van der Waals surface area contributed by atoms with E-state index in [9.17, 15) is 5.26 Å². The zero-order valence-corrected chi connectivity index (χ0v) is 13.8. The van der Waals surface area contributed by atoms with Crippen molar-refractivity contribution < 1.29 is 4.42 Å². The summed E-state index contributed by atoms with van der Waals surface area (Å²) >= 11 is 0. The highest BCUT2D eigenvalue weighted by molar-refractivity contribution is 5.48. The summed E-state index contributed by atoms with van der Waals surface area (Å²) in [6.07, 6.45) is 3.38. The quantitative estimate of drug-likeness (QED) is 0.852. The minimum absolute atomic E-state index is 0.200. The molecule has 4 heteroatoms. The lowest BCUT2D eigenvalue weighted by molar-refractivity contribution is 0.381. The first-order valence-electron chi connectivity index (χ1n) is 8.37. The standard InChI is InChI=1S/C19H23N3O/c1-14(2)18-21-17(13-20)19(23-18)22-10-8-16(9-11-22)12-15-6-4-3-5-7-15/h3-7,14,16H,8-12H2,1-2H3. The fourth-order valence-electron chi connectivity index (χ4n) is 3.15. The second-order valence-corrected chi connectivity index (χ2v) is 6.59. The van der Waals surface area contributed by atoms with Crippen molar-refractivity contribution in [1.82, 2.24) is 4.98 Å². The van der Waals surface area contributed by atoms with Gasteiger partial charge >= 0.3 is 0 Å². The summed E-state index contributed by atoms with van der Waals surface area (Å²) in [6, 6.07) is 12.8. The molecule has 0 amide bonds. The predicted octanol–water partition coefficient (Wildman–Crippen LogP) is 4.13. The number of nitriles is 1. The highest BCUT2D eigenvalue weighted by Crippen LogP contribution is 2.30.